The average molecular weight is 676 g/mol. The number of hydrogen-bond donors (Lipinski definition) is 1. The Morgan fingerprint density at radius 2 is 1.43 bits per heavy atom. The van der Waals surface area contributed by atoms with Gasteiger partial charge in [0, 0.05) is 12.5 Å². The lowest BCUT2D eigenvalue weighted by molar-refractivity contribution is -0.154. The molecule has 0 radical (unpaired) electrons. The van der Waals surface area contributed by atoms with E-state index >= 15 is 0 Å². The second kappa shape index (κ2) is 14.5. The van der Waals surface area contributed by atoms with Crippen LogP contribution in [-0.2, 0) is 28.7 Å². The standard InChI is InChI=1S/C37H32F3NO8/c1-36(2,3)49-35(44)41-29(20-23-14-16-25(17-15-23)45-22-24-10-6-4-7-11-24)34(43)47-27-18-19-28-30(21-27)48-33(37(38,39)40)32(31(28)42)46-26-12-8-5-9-13-26/h4-19,21,29H,20,22H2,1-3H3,(H,41,44). The predicted octanol–water partition coefficient (Wildman–Crippen LogP) is 8.22. The lowest BCUT2D eigenvalue weighted by Gasteiger charge is -2.23. The Morgan fingerprint density at radius 1 is 0.796 bits per heavy atom. The molecule has 5 rings (SSSR count). The molecule has 0 fully saturated rings. The molecular weight excluding hydrogens is 643 g/mol. The van der Waals surface area contributed by atoms with E-state index in [1.165, 1.54) is 30.3 Å². The molecule has 0 aliphatic carbocycles. The van der Waals surface area contributed by atoms with Crippen molar-refractivity contribution in [3.8, 4) is 23.0 Å². The van der Waals surface area contributed by atoms with E-state index in [0.717, 1.165) is 17.7 Å². The van der Waals surface area contributed by atoms with Crippen LogP contribution in [0.2, 0.25) is 0 Å². The summed E-state index contributed by atoms with van der Waals surface area (Å²) in [6, 6.07) is 26.0. The normalized spacial score (nSPS) is 12.2. The number of ether oxygens (including phenoxy) is 4. The van der Waals surface area contributed by atoms with Gasteiger partial charge in [0.1, 0.15) is 41.1 Å². The maximum atomic E-state index is 14.0. The fourth-order valence-corrected chi connectivity index (χ4v) is 4.63. The minimum atomic E-state index is -5.09. The molecular formula is C37H32F3NO8. The van der Waals surface area contributed by atoms with Gasteiger partial charge in [-0.1, -0.05) is 60.7 Å². The van der Waals surface area contributed by atoms with Crippen molar-refractivity contribution in [3.63, 3.8) is 0 Å². The Bertz CT molecular complexity index is 1970. The van der Waals surface area contributed by atoms with E-state index in [2.05, 4.69) is 5.32 Å². The summed E-state index contributed by atoms with van der Waals surface area (Å²) < 4.78 is 69.1. The van der Waals surface area contributed by atoms with Gasteiger partial charge in [-0.05, 0) is 68.3 Å². The molecule has 0 saturated heterocycles. The number of carbonyl (C=O) groups excluding carboxylic acids is 2. The van der Waals surface area contributed by atoms with E-state index < -0.39 is 52.4 Å². The van der Waals surface area contributed by atoms with Gasteiger partial charge in [-0.3, -0.25) is 4.79 Å². The third kappa shape index (κ3) is 9.40. The zero-order valence-electron chi connectivity index (χ0n) is 26.7. The summed E-state index contributed by atoms with van der Waals surface area (Å²) in [5.41, 5.74) is -0.817. The first-order chi connectivity index (χ1) is 23.2. The van der Waals surface area contributed by atoms with Gasteiger partial charge in [0.15, 0.2) is 0 Å². The maximum absolute atomic E-state index is 14.0. The van der Waals surface area contributed by atoms with Gasteiger partial charge in [0.05, 0.1) is 5.39 Å². The zero-order chi connectivity index (χ0) is 35.2. The number of alkyl carbamates (subject to hydrolysis) is 1. The van der Waals surface area contributed by atoms with E-state index in [-0.39, 0.29) is 23.3 Å². The number of benzene rings is 4. The van der Waals surface area contributed by atoms with Gasteiger partial charge in [-0.2, -0.15) is 13.2 Å². The number of fused-ring (bicyclic) bond motifs is 1. The average Bonchev–Trinajstić information content (AvgIpc) is 3.05. The topological polar surface area (TPSA) is 113 Å². The Hall–Kier alpha value is -5.78. The molecule has 1 N–H and O–H groups in total. The Balaban J connectivity index is 1.37. The highest BCUT2D eigenvalue weighted by molar-refractivity contribution is 5.85. The van der Waals surface area contributed by atoms with Crippen LogP contribution in [0, 0.1) is 0 Å². The Kier molecular flexibility index (Phi) is 10.3. The van der Waals surface area contributed by atoms with Gasteiger partial charge in [-0.25, -0.2) is 9.59 Å². The molecule has 1 heterocycles. The number of para-hydroxylation sites is 1. The van der Waals surface area contributed by atoms with Crippen LogP contribution in [0.1, 0.15) is 37.7 Å². The molecule has 1 atom stereocenters. The smallest absolute Gasteiger partial charge is 0.453 e. The molecule has 1 unspecified atom stereocenters. The molecule has 4 aromatic carbocycles. The second-order valence-electron chi connectivity index (χ2n) is 11.9. The highest BCUT2D eigenvalue weighted by Crippen LogP contribution is 2.38. The summed E-state index contributed by atoms with van der Waals surface area (Å²) in [5, 5.41) is 2.26. The summed E-state index contributed by atoms with van der Waals surface area (Å²) in [4.78, 5) is 39.2. The molecule has 0 spiro atoms. The van der Waals surface area contributed by atoms with Gasteiger partial charge in [-0.15, -0.1) is 0 Å². The summed E-state index contributed by atoms with van der Waals surface area (Å²) >= 11 is 0. The van der Waals surface area contributed by atoms with Crippen molar-refractivity contribution in [1.82, 2.24) is 5.32 Å². The molecule has 49 heavy (non-hydrogen) atoms. The first-order valence-corrected chi connectivity index (χ1v) is 15.1. The third-order valence-electron chi connectivity index (χ3n) is 6.85. The van der Waals surface area contributed by atoms with E-state index in [1.807, 2.05) is 30.3 Å². The molecule has 0 saturated carbocycles. The predicted molar refractivity (Wildman–Crippen MR) is 174 cm³/mol. The monoisotopic (exact) mass is 675 g/mol. The van der Waals surface area contributed by atoms with Crippen molar-refractivity contribution in [3.05, 3.63) is 130 Å². The van der Waals surface area contributed by atoms with Crippen molar-refractivity contribution in [1.29, 1.82) is 0 Å². The minimum Gasteiger partial charge on any atom is -0.489 e. The summed E-state index contributed by atoms with van der Waals surface area (Å²) in [6.45, 7) is 5.32. The number of hydrogen-bond acceptors (Lipinski definition) is 8. The number of amides is 1. The van der Waals surface area contributed by atoms with Crippen LogP contribution in [0.5, 0.6) is 23.0 Å². The number of nitrogens with one attached hydrogen (secondary N) is 1. The van der Waals surface area contributed by atoms with E-state index in [0.29, 0.717) is 17.9 Å². The van der Waals surface area contributed by atoms with E-state index in [1.54, 1.807) is 51.1 Å². The number of halogens is 3. The molecule has 0 aliphatic rings. The number of rotatable bonds is 10. The number of carbonyl (C=O) groups is 2. The Morgan fingerprint density at radius 3 is 2.06 bits per heavy atom. The second-order valence-corrected chi connectivity index (χ2v) is 11.9. The van der Waals surface area contributed by atoms with Crippen LogP contribution < -0.4 is 25.0 Å². The zero-order valence-corrected chi connectivity index (χ0v) is 26.7. The third-order valence-corrected chi connectivity index (χ3v) is 6.85. The lowest BCUT2D eigenvalue weighted by atomic mass is 10.1. The summed E-state index contributed by atoms with van der Waals surface area (Å²) in [7, 11) is 0. The van der Waals surface area contributed by atoms with Gasteiger partial charge >= 0.3 is 18.2 Å². The van der Waals surface area contributed by atoms with Crippen molar-refractivity contribution >= 4 is 23.0 Å². The van der Waals surface area contributed by atoms with Crippen molar-refractivity contribution in [2.24, 2.45) is 0 Å². The van der Waals surface area contributed by atoms with Crippen molar-refractivity contribution < 1.29 is 46.1 Å². The largest absolute Gasteiger partial charge is 0.489 e. The molecule has 0 bridgehead atoms. The van der Waals surface area contributed by atoms with Crippen LogP contribution >= 0.6 is 0 Å². The first-order valence-electron chi connectivity index (χ1n) is 15.1. The van der Waals surface area contributed by atoms with Gasteiger partial charge < -0.3 is 28.7 Å². The minimum absolute atomic E-state index is 0.00285. The van der Waals surface area contributed by atoms with E-state index in [4.69, 9.17) is 23.4 Å². The summed E-state index contributed by atoms with van der Waals surface area (Å²) in [5.74, 6) is -3.28. The number of esters is 1. The molecule has 254 valence electrons. The molecule has 1 amide bonds. The van der Waals surface area contributed by atoms with Gasteiger partial charge in [0.2, 0.25) is 11.2 Å². The van der Waals surface area contributed by atoms with Gasteiger partial charge in [0.25, 0.3) is 5.76 Å². The molecule has 0 aliphatic heterocycles. The van der Waals surface area contributed by atoms with Crippen LogP contribution in [0.4, 0.5) is 18.0 Å². The fourth-order valence-electron chi connectivity index (χ4n) is 4.63. The van der Waals surface area contributed by atoms with Crippen LogP contribution in [-0.4, -0.2) is 23.7 Å². The van der Waals surface area contributed by atoms with Crippen LogP contribution in [0.3, 0.4) is 0 Å². The quantitative estimate of drug-likeness (QED) is 0.116. The van der Waals surface area contributed by atoms with Crippen LogP contribution in [0.15, 0.2) is 112 Å². The lowest BCUT2D eigenvalue weighted by Crippen LogP contribution is -2.46. The molecule has 9 nitrogen and oxygen atoms in total. The van der Waals surface area contributed by atoms with E-state index in [9.17, 15) is 27.6 Å². The molecule has 12 heteroatoms. The molecule has 1 aromatic heterocycles. The fraction of sp³-hybridized carbons (Fsp3) is 0.216. The van der Waals surface area contributed by atoms with Crippen molar-refractivity contribution in [2.75, 3.05) is 0 Å². The Labute approximate surface area is 279 Å². The van der Waals surface area contributed by atoms with Crippen molar-refractivity contribution in [2.45, 2.75) is 51.6 Å². The number of alkyl halides is 3. The SMILES string of the molecule is CC(C)(C)OC(=O)NC(Cc1ccc(OCc2ccccc2)cc1)C(=O)Oc1ccc2c(=O)c(Oc3ccccc3)c(C(F)(F)F)oc2c1. The first kappa shape index (κ1) is 34.6. The summed E-state index contributed by atoms with van der Waals surface area (Å²) in [6.07, 6.45) is -6.00. The van der Waals surface area contributed by atoms with Crippen LogP contribution in [0.25, 0.3) is 11.0 Å². The maximum Gasteiger partial charge on any atom is 0.453 e. The molecule has 5 aromatic rings. The highest BCUT2D eigenvalue weighted by atomic mass is 19.4. The highest BCUT2D eigenvalue weighted by Gasteiger charge is 2.40.